The molecule has 0 saturated carbocycles. The van der Waals surface area contributed by atoms with E-state index in [1.807, 2.05) is 13.8 Å². The summed E-state index contributed by atoms with van der Waals surface area (Å²) in [6.07, 6.45) is -0.266. The van der Waals surface area contributed by atoms with Crippen LogP contribution in [0.4, 0.5) is 0 Å². The summed E-state index contributed by atoms with van der Waals surface area (Å²) in [7, 11) is -4.36. The van der Waals surface area contributed by atoms with Crippen molar-refractivity contribution in [3.05, 3.63) is 0 Å². The van der Waals surface area contributed by atoms with Gasteiger partial charge < -0.3 is 14.4 Å². The molecule has 1 N–H and O–H groups in total. The van der Waals surface area contributed by atoms with Crippen molar-refractivity contribution < 1.29 is 52.4 Å². The second-order valence-electron chi connectivity index (χ2n) is 3.43. The Morgan fingerprint density at radius 2 is 1.93 bits per heavy atom. The zero-order chi connectivity index (χ0) is 11.2. The molecule has 0 fully saturated rings. The Morgan fingerprint density at radius 1 is 1.40 bits per heavy atom. The molecule has 0 spiro atoms. The maximum atomic E-state index is 10.2. The Labute approximate surface area is 113 Å². The summed E-state index contributed by atoms with van der Waals surface area (Å²) in [6.45, 7) is 4.35. The van der Waals surface area contributed by atoms with Gasteiger partial charge in [-0.2, -0.15) is 0 Å². The van der Waals surface area contributed by atoms with Gasteiger partial charge in [0.1, 0.15) is 0 Å². The number of rotatable bonds is 7. The van der Waals surface area contributed by atoms with Crippen LogP contribution in [0, 0.1) is 5.92 Å². The van der Waals surface area contributed by atoms with Gasteiger partial charge in [0, 0.05) is 6.61 Å². The Bertz CT molecular complexity index is 241. The van der Waals surface area contributed by atoms with Crippen LogP contribution < -0.4 is 29.6 Å². The predicted octanol–water partition coefficient (Wildman–Crippen LogP) is -3.04. The van der Waals surface area contributed by atoms with Crippen molar-refractivity contribution in [2.24, 2.45) is 5.92 Å². The molecule has 0 heterocycles. The van der Waals surface area contributed by atoms with Gasteiger partial charge in [-0.3, -0.25) is 0 Å². The average molecular weight is 248 g/mol. The molecule has 7 heteroatoms. The summed E-state index contributed by atoms with van der Waals surface area (Å²) < 4.78 is 35.7. The Balaban J connectivity index is 0. The fourth-order valence-corrected chi connectivity index (χ4v) is 1.37. The third-order valence-electron chi connectivity index (χ3n) is 1.81. The van der Waals surface area contributed by atoms with Crippen LogP contribution in [0.3, 0.4) is 0 Å². The summed E-state index contributed by atoms with van der Waals surface area (Å²) in [5, 5.41) is 9.07. The largest absolute Gasteiger partial charge is 1.00 e. The zero-order valence-electron chi connectivity index (χ0n) is 9.47. The van der Waals surface area contributed by atoms with Gasteiger partial charge in [0.15, 0.2) is 0 Å². The molecule has 0 bridgehead atoms. The van der Waals surface area contributed by atoms with E-state index >= 15 is 0 Å². The van der Waals surface area contributed by atoms with Crippen LogP contribution in [0.1, 0.15) is 20.3 Å². The van der Waals surface area contributed by atoms with E-state index in [2.05, 4.69) is 0 Å². The Hall–Kier alpha value is 0.830. The van der Waals surface area contributed by atoms with E-state index in [0.29, 0.717) is 12.5 Å². The molecule has 0 aromatic rings. The molecule has 2 unspecified atom stereocenters. The van der Waals surface area contributed by atoms with Crippen molar-refractivity contribution in [1.82, 2.24) is 0 Å². The number of hydrogen-bond donors (Lipinski definition) is 1. The van der Waals surface area contributed by atoms with Gasteiger partial charge in [-0.25, -0.2) is 8.42 Å². The van der Waals surface area contributed by atoms with Crippen molar-refractivity contribution in [2.45, 2.75) is 26.4 Å². The van der Waals surface area contributed by atoms with Crippen molar-refractivity contribution in [1.29, 1.82) is 0 Å². The molecule has 15 heavy (non-hydrogen) atoms. The summed E-state index contributed by atoms with van der Waals surface area (Å²) in [6, 6.07) is 0. The SMILES string of the molecule is CCC(C)COCC(O)CS(=O)(=O)[O-].[Na+]. The van der Waals surface area contributed by atoms with Crippen LogP contribution in [-0.4, -0.2) is 43.1 Å². The molecule has 5 nitrogen and oxygen atoms in total. The quantitative estimate of drug-likeness (QED) is 0.382. The monoisotopic (exact) mass is 248 g/mol. The minimum Gasteiger partial charge on any atom is -0.748 e. The predicted molar refractivity (Wildman–Crippen MR) is 50.8 cm³/mol. The molecular formula is C8H17NaO5S. The van der Waals surface area contributed by atoms with E-state index in [9.17, 15) is 13.0 Å². The Kier molecular flexibility index (Phi) is 10.8. The number of aliphatic hydroxyl groups excluding tert-OH is 1. The first-order valence-corrected chi connectivity index (χ1v) is 6.12. The maximum Gasteiger partial charge on any atom is 1.00 e. The average Bonchev–Trinajstić information content (AvgIpc) is 2.00. The molecular weight excluding hydrogens is 231 g/mol. The minimum absolute atomic E-state index is 0. The smallest absolute Gasteiger partial charge is 0.748 e. The fourth-order valence-electron chi connectivity index (χ4n) is 0.807. The van der Waals surface area contributed by atoms with Crippen LogP contribution in [-0.2, 0) is 14.9 Å². The van der Waals surface area contributed by atoms with Crippen LogP contribution in [0.25, 0.3) is 0 Å². The molecule has 0 radical (unpaired) electrons. The topological polar surface area (TPSA) is 86.7 Å². The van der Waals surface area contributed by atoms with E-state index in [-0.39, 0.29) is 36.2 Å². The van der Waals surface area contributed by atoms with Crippen LogP contribution in [0.15, 0.2) is 0 Å². The minimum atomic E-state index is -4.36. The first-order valence-electron chi connectivity index (χ1n) is 4.54. The third kappa shape index (κ3) is 12.8. The number of hydrogen-bond acceptors (Lipinski definition) is 5. The molecule has 0 aromatic heterocycles. The molecule has 0 saturated heterocycles. The van der Waals surface area contributed by atoms with Gasteiger partial charge in [-0.05, 0) is 5.92 Å². The van der Waals surface area contributed by atoms with Crippen molar-refractivity contribution >= 4 is 10.1 Å². The summed E-state index contributed by atoms with van der Waals surface area (Å²) in [4.78, 5) is 0. The molecule has 0 aliphatic rings. The van der Waals surface area contributed by atoms with Crippen LogP contribution in [0.5, 0.6) is 0 Å². The number of aliphatic hydroxyl groups is 1. The maximum absolute atomic E-state index is 10.2. The summed E-state index contributed by atoms with van der Waals surface area (Å²) in [5.74, 6) is -0.417. The van der Waals surface area contributed by atoms with Gasteiger partial charge in [0.25, 0.3) is 0 Å². The van der Waals surface area contributed by atoms with E-state index in [1.165, 1.54) is 0 Å². The first kappa shape index (κ1) is 18.2. The second kappa shape index (κ2) is 8.92. The normalized spacial score (nSPS) is 15.5. The molecule has 0 aliphatic carbocycles. The van der Waals surface area contributed by atoms with Gasteiger partial charge in [0.05, 0.1) is 28.6 Å². The van der Waals surface area contributed by atoms with Gasteiger partial charge in [-0.15, -0.1) is 0 Å². The molecule has 0 amide bonds. The standard InChI is InChI=1S/C8H18O5S.Na/c1-3-7(2)4-13-5-8(9)6-14(10,11)12;/h7-9H,3-6H2,1-2H3,(H,10,11,12);/q;+1/p-1. The van der Waals surface area contributed by atoms with E-state index in [1.54, 1.807) is 0 Å². The Morgan fingerprint density at radius 3 is 2.33 bits per heavy atom. The van der Waals surface area contributed by atoms with Gasteiger partial charge in [0.2, 0.25) is 0 Å². The van der Waals surface area contributed by atoms with Crippen molar-refractivity contribution in [2.75, 3.05) is 19.0 Å². The van der Waals surface area contributed by atoms with Crippen molar-refractivity contribution in [3.63, 3.8) is 0 Å². The first-order chi connectivity index (χ1) is 6.35. The molecule has 2 atom stereocenters. The molecule has 86 valence electrons. The van der Waals surface area contributed by atoms with Gasteiger partial charge in [-0.1, -0.05) is 20.3 Å². The fraction of sp³-hybridized carbons (Fsp3) is 1.00. The third-order valence-corrected chi connectivity index (χ3v) is 2.60. The van der Waals surface area contributed by atoms with Crippen molar-refractivity contribution in [3.8, 4) is 0 Å². The molecule has 0 aliphatic heterocycles. The zero-order valence-corrected chi connectivity index (χ0v) is 12.3. The van der Waals surface area contributed by atoms with E-state index < -0.39 is 22.0 Å². The van der Waals surface area contributed by atoms with E-state index in [4.69, 9.17) is 9.84 Å². The van der Waals surface area contributed by atoms with Gasteiger partial charge >= 0.3 is 29.6 Å². The summed E-state index contributed by atoms with van der Waals surface area (Å²) in [5.41, 5.74) is 0. The summed E-state index contributed by atoms with van der Waals surface area (Å²) >= 11 is 0. The van der Waals surface area contributed by atoms with Crippen LogP contribution >= 0.6 is 0 Å². The van der Waals surface area contributed by atoms with E-state index in [0.717, 1.165) is 6.42 Å². The molecule has 0 rings (SSSR count). The second-order valence-corrected chi connectivity index (χ2v) is 4.88. The van der Waals surface area contributed by atoms with Crippen LogP contribution in [0.2, 0.25) is 0 Å². The number of ether oxygens (including phenoxy) is 1. The molecule has 0 aromatic carbocycles.